The largest absolute Gasteiger partial charge is 0.355 e. The van der Waals surface area contributed by atoms with E-state index in [1.807, 2.05) is 31.2 Å². The summed E-state index contributed by atoms with van der Waals surface area (Å²) >= 11 is 0. The molecule has 3 amide bonds. The van der Waals surface area contributed by atoms with Gasteiger partial charge < -0.3 is 15.5 Å². The van der Waals surface area contributed by atoms with Gasteiger partial charge in [0.2, 0.25) is 11.8 Å². The van der Waals surface area contributed by atoms with Crippen LogP contribution in [0.4, 0.5) is 5.69 Å². The van der Waals surface area contributed by atoms with Gasteiger partial charge >= 0.3 is 0 Å². The summed E-state index contributed by atoms with van der Waals surface area (Å²) in [5.74, 6) is -0.836. The third-order valence-electron chi connectivity index (χ3n) is 4.70. The molecular weight excluding hydrogens is 342 g/mol. The predicted octanol–water partition coefficient (Wildman–Crippen LogP) is 2.34. The van der Waals surface area contributed by atoms with Crippen LogP contribution in [0.25, 0.3) is 0 Å². The van der Waals surface area contributed by atoms with Gasteiger partial charge in [0.1, 0.15) is 0 Å². The van der Waals surface area contributed by atoms with Crippen LogP contribution in [0.15, 0.2) is 48.5 Å². The Balaban J connectivity index is 1.62. The van der Waals surface area contributed by atoms with Crippen molar-refractivity contribution in [3.8, 4) is 0 Å². The number of likely N-dealkylation sites (tertiary alicyclic amines) is 1. The maximum absolute atomic E-state index is 12.6. The number of nitrogens with one attached hydrogen (secondary N) is 2. The molecule has 2 N–H and O–H groups in total. The van der Waals surface area contributed by atoms with Crippen molar-refractivity contribution in [1.29, 1.82) is 0 Å². The summed E-state index contributed by atoms with van der Waals surface area (Å²) in [7, 11) is 1.56. The number of aryl methyl sites for hydroxylation is 1. The summed E-state index contributed by atoms with van der Waals surface area (Å²) in [6, 6.07) is 14.8. The van der Waals surface area contributed by atoms with E-state index in [1.165, 1.54) is 5.56 Å². The van der Waals surface area contributed by atoms with E-state index < -0.39 is 5.92 Å². The first-order valence-electron chi connectivity index (χ1n) is 8.92. The number of nitrogens with zero attached hydrogens (tertiary/aromatic N) is 1. The van der Waals surface area contributed by atoms with Crippen LogP contribution >= 0.6 is 0 Å². The molecule has 0 aliphatic carbocycles. The predicted molar refractivity (Wildman–Crippen MR) is 103 cm³/mol. The highest BCUT2D eigenvalue weighted by Gasteiger charge is 2.34. The van der Waals surface area contributed by atoms with Crippen molar-refractivity contribution < 1.29 is 14.4 Å². The second-order valence-corrected chi connectivity index (χ2v) is 6.81. The van der Waals surface area contributed by atoms with Crippen molar-refractivity contribution in [2.45, 2.75) is 19.9 Å². The molecule has 3 rings (SSSR count). The van der Waals surface area contributed by atoms with Crippen LogP contribution in [0.1, 0.15) is 27.9 Å². The summed E-state index contributed by atoms with van der Waals surface area (Å²) in [6.07, 6.45) is 0.201. The van der Waals surface area contributed by atoms with E-state index in [2.05, 4.69) is 10.6 Å². The molecule has 0 aromatic heterocycles. The fourth-order valence-electron chi connectivity index (χ4n) is 3.14. The van der Waals surface area contributed by atoms with Crippen molar-refractivity contribution >= 4 is 23.4 Å². The average Bonchev–Trinajstić information content (AvgIpc) is 3.04. The molecule has 0 radical (unpaired) electrons. The monoisotopic (exact) mass is 365 g/mol. The molecule has 1 fully saturated rings. The number of anilines is 1. The summed E-state index contributed by atoms with van der Waals surface area (Å²) in [4.78, 5) is 38.3. The third-order valence-corrected chi connectivity index (χ3v) is 4.70. The molecule has 6 nitrogen and oxygen atoms in total. The lowest BCUT2D eigenvalue weighted by molar-refractivity contribution is -0.128. The van der Waals surface area contributed by atoms with Crippen molar-refractivity contribution in [3.63, 3.8) is 0 Å². The molecule has 1 aliphatic rings. The number of amides is 3. The molecular formula is C21H23N3O3. The SMILES string of the molecule is CNC(=O)c1cccc(NC(=O)C2CC(=O)N(Cc3ccc(C)cc3)C2)c1. The Bertz CT molecular complexity index is 861. The molecule has 1 aliphatic heterocycles. The number of hydrogen-bond acceptors (Lipinski definition) is 3. The van der Waals surface area contributed by atoms with Crippen molar-refractivity contribution in [1.82, 2.24) is 10.2 Å². The van der Waals surface area contributed by atoms with E-state index >= 15 is 0 Å². The van der Waals surface area contributed by atoms with Crippen molar-refractivity contribution in [3.05, 3.63) is 65.2 Å². The molecule has 140 valence electrons. The molecule has 0 saturated carbocycles. The van der Waals surface area contributed by atoms with Crippen LogP contribution in [0.3, 0.4) is 0 Å². The third kappa shape index (κ3) is 4.53. The van der Waals surface area contributed by atoms with Crippen LogP contribution in [-0.2, 0) is 16.1 Å². The molecule has 2 aromatic rings. The Labute approximate surface area is 158 Å². The van der Waals surface area contributed by atoms with Crippen LogP contribution < -0.4 is 10.6 Å². The highest BCUT2D eigenvalue weighted by molar-refractivity contribution is 5.99. The molecule has 0 bridgehead atoms. The van der Waals surface area contributed by atoms with Gasteiger partial charge in [-0.15, -0.1) is 0 Å². The van der Waals surface area contributed by atoms with E-state index in [0.29, 0.717) is 24.3 Å². The standard InChI is InChI=1S/C21H23N3O3/c1-14-6-8-15(9-7-14)12-24-13-17(11-19(24)25)21(27)23-18-5-3-4-16(10-18)20(26)22-2/h3-10,17H,11-13H2,1-2H3,(H,22,26)(H,23,27). The lowest BCUT2D eigenvalue weighted by atomic mass is 10.1. The molecule has 1 unspecified atom stereocenters. The average molecular weight is 365 g/mol. The Morgan fingerprint density at radius 1 is 1.15 bits per heavy atom. The fourth-order valence-corrected chi connectivity index (χ4v) is 3.14. The van der Waals surface area contributed by atoms with Crippen molar-refractivity contribution in [2.24, 2.45) is 5.92 Å². The fraction of sp³-hybridized carbons (Fsp3) is 0.286. The minimum Gasteiger partial charge on any atom is -0.355 e. The highest BCUT2D eigenvalue weighted by atomic mass is 16.2. The number of benzene rings is 2. The lowest BCUT2D eigenvalue weighted by Gasteiger charge is -2.17. The minimum absolute atomic E-state index is 0.0187. The lowest BCUT2D eigenvalue weighted by Crippen LogP contribution is -2.28. The Kier molecular flexibility index (Phi) is 5.54. The summed E-state index contributed by atoms with van der Waals surface area (Å²) in [5, 5.41) is 5.37. The first-order valence-corrected chi connectivity index (χ1v) is 8.92. The Morgan fingerprint density at radius 3 is 2.59 bits per heavy atom. The van der Waals surface area contributed by atoms with Gasteiger partial charge in [-0.3, -0.25) is 14.4 Å². The highest BCUT2D eigenvalue weighted by Crippen LogP contribution is 2.22. The molecule has 27 heavy (non-hydrogen) atoms. The first-order chi connectivity index (χ1) is 13.0. The maximum atomic E-state index is 12.6. The van der Waals surface area contributed by atoms with Gasteiger partial charge in [0.15, 0.2) is 0 Å². The van der Waals surface area contributed by atoms with Crippen LogP contribution in [0.2, 0.25) is 0 Å². The zero-order chi connectivity index (χ0) is 19.4. The molecule has 1 saturated heterocycles. The topological polar surface area (TPSA) is 78.5 Å². The van der Waals surface area contributed by atoms with Crippen molar-refractivity contribution in [2.75, 3.05) is 18.9 Å². The maximum Gasteiger partial charge on any atom is 0.251 e. The van der Waals surface area contributed by atoms with Crippen LogP contribution in [0.5, 0.6) is 0 Å². The van der Waals surface area contributed by atoms with E-state index in [1.54, 1.807) is 36.2 Å². The van der Waals surface area contributed by atoms with E-state index in [-0.39, 0.29) is 24.1 Å². The molecule has 0 spiro atoms. The molecule has 1 atom stereocenters. The van der Waals surface area contributed by atoms with Gasteiger partial charge in [-0.25, -0.2) is 0 Å². The zero-order valence-electron chi connectivity index (χ0n) is 15.5. The van der Waals surface area contributed by atoms with Gasteiger partial charge in [-0.2, -0.15) is 0 Å². The van der Waals surface area contributed by atoms with Gasteiger partial charge in [0.05, 0.1) is 5.92 Å². The van der Waals surface area contributed by atoms with E-state index in [9.17, 15) is 14.4 Å². The van der Waals surface area contributed by atoms with Crippen LogP contribution in [0, 0.1) is 12.8 Å². The number of carbonyl (C=O) groups is 3. The summed E-state index contributed by atoms with van der Waals surface area (Å²) in [6.45, 7) is 2.92. The first kappa shape index (κ1) is 18.6. The van der Waals surface area contributed by atoms with Crippen LogP contribution in [-0.4, -0.2) is 36.2 Å². The normalized spacial score (nSPS) is 16.3. The molecule has 6 heteroatoms. The molecule has 2 aromatic carbocycles. The zero-order valence-corrected chi connectivity index (χ0v) is 15.5. The quantitative estimate of drug-likeness (QED) is 0.854. The van der Waals surface area contributed by atoms with Gasteiger partial charge in [0.25, 0.3) is 5.91 Å². The Hall–Kier alpha value is -3.15. The second kappa shape index (κ2) is 8.03. The second-order valence-electron chi connectivity index (χ2n) is 6.81. The van der Waals surface area contributed by atoms with E-state index in [4.69, 9.17) is 0 Å². The Morgan fingerprint density at radius 2 is 1.89 bits per heavy atom. The van der Waals surface area contributed by atoms with Gasteiger partial charge in [-0.05, 0) is 30.7 Å². The van der Waals surface area contributed by atoms with Gasteiger partial charge in [0, 0.05) is 37.8 Å². The number of hydrogen-bond donors (Lipinski definition) is 2. The summed E-state index contributed by atoms with van der Waals surface area (Å²) in [5.41, 5.74) is 3.24. The number of rotatable bonds is 5. The van der Waals surface area contributed by atoms with E-state index in [0.717, 1.165) is 5.56 Å². The minimum atomic E-state index is -0.397. The molecule has 1 heterocycles. The summed E-state index contributed by atoms with van der Waals surface area (Å²) < 4.78 is 0. The smallest absolute Gasteiger partial charge is 0.251 e. The van der Waals surface area contributed by atoms with Gasteiger partial charge in [-0.1, -0.05) is 35.9 Å². The number of carbonyl (C=O) groups excluding carboxylic acids is 3.